The molecule has 1 N–H and O–H groups in total. The van der Waals surface area contributed by atoms with Crippen molar-refractivity contribution in [3.63, 3.8) is 0 Å². The van der Waals surface area contributed by atoms with Crippen LogP contribution >= 0.6 is 0 Å². The number of aromatic nitrogens is 1. The highest BCUT2D eigenvalue weighted by Crippen LogP contribution is 2.26. The molecule has 0 spiro atoms. The molecule has 3 aromatic rings. The number of fused-ring (bicyclic) bond motifs is 1. The second kappa shape index (κ2) is 7.59. The van der Waals surface area contributed by atoms with Crippen LogP contribution in [0, 0.1) is 0 Å². The van der Waals surface area contributed by atoms with Crippen LogP contribution in [-0.2, 0) is 10.0 Å². The van der Waals surface area contributed by atoms with E-state index in [1.165, 1.54) is 6.07 Å². The number of likely N-dealkylation sites (tertiary alicyclic amines) is 1. The van der Waals surface area contributed by atoms with Crippen molar-refractivity contribution in [3.8, 4) is 0 Å². The minimum Gasteiger partial charge on any atom is -0.339 e. The van der Waals surface area contributed by atoms with Crippen molar-refractivity contribution in [3.05, 3.63) is 66.4 Å². The number of hydrogen-bond donors (Lipinski definition) is 1. The van der Waals surface area contributed by atoms with Crippen molar-refractivity contribution in [1.82, 2.24) is 9.88 Å². The minimum absolute atomic E-state index is 0.0887. The van der Waals surface area contributed by atoms with Crippen molar-refractivity contribution in [2.24, 2.45) is 0 Å². The van der Waals surface area contributed by atoms with E-state index in [0.29, 0.717) is 24.2 Å². The molecular formula is C21H21N3O3S. The highest BCUT2D eigenvalue weighted by atomic mass is 32.2. The lowest BCUT2D eigenvalue weighted by Crippen LogP contribution is -2.36. The zero-order chi connectivity index (χ0) is 19.6. The average Bonchev–Trinajstić information content (AvgIpc) is 2.73. The molecule has 2 aromatic carbocycles. The number of para-hydroxylation sites is 2. The van der Waals surface area contributed by atoms with Gasteiger partial charge in [-0.15, -0.1) is 0 Å². The number of piperidine rings is 1. The lowest BCUT2D eigenvalue weighted by Gasteiger charge is -2.27. The number of anilines is 1. The second-order valence-corrected chi connectivity index (χ2v) is 8.49. The Kier molecular flexibility index (Phi) is 5.00. The molecule has 1 aromatic heterocycles. The predicted molar refractivity (Wildman–Crippen MR) is 109 cm³/mol. The lowest BCUT2D eigenvalue weighted by atomic mass is 10.1. The van der Waals surface area contributed by atoms with Crippen LogP contribution in [0.15, 0.2) is 65.7 Å². The van der Waals surface area contributed by atoms with Gasteiger partial charge in [0, 0.05) is 24.7 Å². The summed E-state index contributed by atoms with van der Waals surface area (Å²) in [4.78, 5) is 19.0. The van der Waals surface area contributed by atoms with Crippen LogP contribution in [0.1, 0.15) is 29.6 Å². The molecule has 1 amide bonds. The summed E-state index contributed by atoms with van der Waals surface area (Å²) in [7, 11) is -3.91. The van der Waals surface area contributed by atoms with Gasteiger partial charge in [0.1, 0.15) is 4.90 Å². The minimum atomic E-state index is -3.91. The Labute approximate surface area is 164 Å². The Balaban J connectivity index is 1.70. The normalized spacial score (nSPS) is 14.8. The summed E-state index contributed by atoms with van der Waals surface area (Å²) >= 11 is 0. The standard InChI is InChI=1S/C21H21N3O3S/c25-21(24-14-4-1-5-15-24)17-10-2-3-11-18(17)23-28(26,27)19-12-6-8-16-9-7-13-22-20(16)19/h2-3,6-13,23H,1,4-5,14-15H2. The third kappa shape index (κ3) is 3.57. The van der Waals surface area contributed by atoms with Crippen LogP contribution in [0.2, 0.25) is 0 Å². The van der Waals surface area contributed by atoms with E-state index in [9.17, 15) is 13.2 Å². The van der Waals surface area contributed by atoms with Gasteiger partial charge in [-0.25, -0.2) is 8.42 Å². The SMILES string of the molecule is O=C(c1ccccc1NS(=O)(=O)c1cccc2cccnc12)N1CCCCC1. The topological polar surface area (TPSA) is 79.4 Å². The van der Waals surface area contributed by atoms with Crippen LogP contribution in [-0.4, -0.2) is 37.3 Å². The van der Waals surface area contributed by atoms with Crippen LogP contribution in [0.25, 0.3) is 10.9 Å². The van der Waals surface area contributed by atoms with E-state index in [1.807, 2.05) is 12.1 Å². The average molecular weight is 395 g/mol. The molecule has 0 atom stereocenters. The van der Waals surface area contributed by atoms with Crippen LogP contribution in [0.3, 0.4) is 0 Å². The fraction of sp³-hybridized carbons (Fsp3) is 0.238. The molecule has 0 radical (unpaired) electrons. The number of carbonyl (C=O) groups is 1. The predicted octanol–water partition coefficient (Wildman–Crippen LogP) is 3.66. The molecule has 0 bridgehead atoms. The van der Waals surface area contributed by atoms with E-state index in [4.69, 9.17) is 0 Å². The van der Waals surface area contributed by atoms with Crippen LogP contribution in [0.5, 0.6) is 0 Å². The van der Waals surface area contributed by atoms with E-state index >= 15 is 0 Å². The first-order valence-corrected chi connectivity index (χ1v) is 10.8. The summed E-state index contributed by atoms with van der Waals surface area (Å²) in [6.07, 6.45) is 4.63. The van der Waals surface area contributed by atoms with E-state index in [1.54, 1.807) is 47.5 Å². The molecule has 0 unspecified atom stereocenters. The molecular weight excluding hydrogens is 374 g/mol. The van der Waals surface area contributed by atoms with Gasteiger partial charge in [0.25, 0.3) is 15.9 Å². The number of pyridine rings is 1. The summed E-state index contributed by atoms with van der Waals surface area (Å²) in [5.41, 5.74) is 1.05. The summed E-state index contributed by atoms with van der Waals surface area (Å²) in [6.45, 7) is 1.40. The molecule has 7 heteroatoms. The van der Waals surface area contributed by atoms with E-state index in [0.717, 1.165) is 24.6 Å². The monoisotopic (exact) mass is 395 g/mol. The van der Waals surface area contributed by atoms with Crippen LogP contribution in [0.4, 0.5) is 5.69 Å². The Bertz CT molecular complexity index is 1120. The smallest absolute Gasteiger partial charge is 0.264 e. The molecule has 28 heavy (non-hydrogen) atoms. The first-order chi connectivity index (χ1) is 13.6. The quantitative estimate of drug-likeness (QED) is 0.731. The summed E-state index contributed by atoms with van der Waals surface area (Å²) in [5, 5.41) is 0.739. The van der Waals surface area contributed by atoms with Gasteiger partial charge in [-0.2, -0.15) is 0 Å². The number of carbonyl (C=O) groups excluding carboxylic acids is 1. The van der Waals surface area contributed by atoms with Crippen molar-refractivity contribution < 1.29 is 13.2 Å². The number of nitrogens with one attached hydrogen (secondary N) is 1. The number of benzene rings is 2. The van der Waals surface area contributed by atoms with Crippen molar-refractivity contribution in [1.29, 1.82) is 0 Å². The van der Waals surface area contributed by atoms with Gasteiger partial charge in [-0.05, 0) is 43.5 Å². The molecule has 1 saturated heterocycles. The molecule has 2 heterocycles. The van der Waals surface area contributed by atoms with Crippen molar-refractivity contribution in [2.45, 2.75) is 24.2 Å². The van der Waals surface area contributed by atoms with Crippen molar-refractivity contribution >= 4 is 32.5 Å². The zero-order valence-electron chi connectivity index (χ0n) is 15.3. The summed E-state index contributed by atoms with van der Waals surface area (Å²) in [5.74, 6) is -0.144. The van der Waals surface area contributed by atoms with E-state index in [2.05, 4.69) is 9.71 Å². The van der Waals surface area contributed by atoms with Crippen LogP contribution < -0.4 is 4.72 Å². The molecule has 1 aliphatic heterocycles. The molecule has 1 fully saturated rings. The zero-order valence-corrected chi connectivity index (χ0v) is 16.2. The third-order valence-corrected chi connectivity index (χ3v) is 6.33. The molecule has 1 aliphatic rings. The highest BCUT2D eigenvalue weighted by molar-refractivity contribution is 7.93. The van der Waals surface area contributed by atoms with Gasteiger partial charge >= 0.3 is 0 Å². The molecule has 4 rings (SSSR count). The van der Waals surface area contributed by atoms with Gasteiger partial charge in [0.05, 0.1) is 16.8 Å². The number of hydrogen-bond acceptors (Lipinski definition) is 4. The van der Waals surface area contributed by atoms with Gasteiger partial charge in [-0.1, -0.05) is 30.3 Å². The Morgan fingerprint density at radius 2 is 1.68 bits per heavy atom. The maximum atomic E-state index is 13.1. The Morgan fingerprint density at radius 3 is 2.50 bits per heavy atom. The first kappa shape index (κ1) is 18.4. The highest BCUT2D eigenvalue weighted by Gasteiger charge is 2.24. The fourth-order valence-electron chi connectivity index (χ4n) is 3.52. The Hall–Kier alpha value is -2.93. The largest absolute Gasteiger partial charge is 0.339 e. The number of sulfonamides is 1. The van der Waals surface area contributed by atoms with Gasteiger partial charge in [0.2, 0.25) is 0 Å². The number of nitrogens with zero attached hydrogens (tertiary/aromatic N) is 2. The lowest BCUT2D eigenvalue weighted by molar-refractivity contribution is 0.0725. The Morgan fingerprint density at radius 1 is 0.929 bits per heavy atom. The van der Waals surface area contributed by atoms with Gasteiger partial charge in [0.15, 0.2) is 0 Å². The first-order valence-electron chi connectivity index (χ1n) is 9.31. The van der Waals surface area contributed by atoms with Gasteiger partial charge in [-0.3, -0.25) is 14.5 Å². The van der Waals surface area contributed by atoms with Crippen molar-refractivity contribution in [2.75, 3.05) is 17.8 Å². The molecule has 0 saturated carbocycles. The summed E-state index contributed by atoms with van der Waals surface area (Å²) < 4.78 is 28.8. The molecule has 0 aliphatic carbocycles. The maximum Gasteiger partial charge on any atom is 0.264 e. The second-order valence-electron chi connectivity index (χ2n) is 6.84. The number of rotatable bonds is 4. The van der Waals surface area contributed by atoms with Gasteiger partial charge < -0.3 is 4.90 Å². The summed E-state index contributed by atoms with van der Waals surface area (Å²) in [6, 6.07) is 15.3. The molecule has 144 valence electrons. The third-order valence-electron chi connectivity index (χ3n) is 4.93. The maximum absolute atomic E-state index is 13.1. The number of amides is 1. The van der Waals surface area contributed by atoms with E-state index < -0.39 is 10.0 Å². The molecule has 6 nitrogen and oxygen atoms in total. The van der Waals surface area contributed by atoms with E-state index in [-0.39, 0.29) is 16.5 Å². The fourth-order valence-corrected chi connectivity index (χ4v) is 4.78.